The second-order valence-corrected chi connectivity index (χ2v) is 4.33. The van der Waals surface area contributed by atoms with E-state index in [-0.39, 0.29) is 17.3 Å². The number of hydrogen-bond acceptors (Lipinski definition) is 3. The maximum atomic E-state index is 12.0. The largest absolute Gasteiger partial charge is 0.383 e. The average molecular weight is 246 g/mol. The van der Waals surface area contributed by atoms with E-state index in [1.165, 1.54) is 13.1 Å². The first-order valence-corrected chi connectivity index (χ1v) is 5.68. The van der Waals surface area contributed by atoms with Gasteiger partial charge in [-0.15, -0.1) is 0 Å². The summed E-state index contributed by atoms with van der Waals surface area (Å²) in [6, 6.07) is 7.44. The summed E-state index contributed by atoms with van der Waals surface area (Å²) in [5.74, 6) is -0.639. The molecule has 0 aliphatic rings. The molecule has 0 aliphatic heterocycles. The van der Waals surface area contributed by atoms with E-state index in [1.54, 1.807) is 25.1 Å². The zero-order valence-electron chi connectivity index (χ0n) is 11.2. The highest BCUT2D eigenvalue weighted by Crippen LogP contribution is 2.14. The van der Waals surface area contributed by atoms with Crippen LogP contribution < -0.4 is 5.32 Å². The molecule has 4 nitrogen and oxygen atoms in total. The van der Waals surface area contributed by atoms with E-state index in [0.717, 1.165) is 5.56 Å². The third-order valence-electron chi connectivity index (χ3n) is 2.40. The third-order valence-corrected chi connectivity index (χ3v) is 2.40. The number of nitrogens with one attached hydrogen (secondary N) is 1. The van der Waals surface area contributed by atoms with Gasteiger partial charge >= 0.3 is 0 Å². The molecule has 1 aromatic carbocycles. The van der Waals surface area contributed by atoms with E-state index >= 15 is 0 Å². The molecular weight excluding hydrogens is 228 g/mol. The second-order valence-electron chi connectivity index (χ2n) is 4.33. The Kier molecular flexibility index (Phi) is 4.66. The molecular formula is C14H18N2O2. The first-order valence-electron chi connectivity index (χ1n) is 5.68. The van der Waals surface area contributed by atoms with Crippen LogP contribution in [0.4, 0.5) is 5.69 Å². The number of hydrogen-bond donors (Lipinski definition) is 1. The van der Waals surface area contributed by atoms with Crippen molar-refractivity contribution < 1.29 is 9.59 Å². The number of aryl methyl sites for hydroxylation is 1. The minimum absolute atomic E-state index is 0.142. The molecule has 1 N–H and O–H groups in total. The van der Waals surface area contributed by atoms with Gasteiger partial charge in [-0.1, -0.05) is 18.2 Å². The summed E-state index contributed by atoms with van der Waals surface area (Å²) in [4.78, 5) is 25.1. The molecule has 0 aromatic heterocycles. The summed E-state index contributed by atoms with van der Waals surface area (Å²) in [7, 11) is 3.54. The molecule has 4 heteroatoms. The summed E-state index contributed by atoms with van der Waals surface area (Å²) in [5, 5.41) is 2.74. The molecule has 1 rings (SSSR count). The summed E-state index contributed by atoms with van der Waals surface area (Å²) in [6.45, 7) is 3.28. The topological polar surface area (TPSA) is 49.4 Å². The van der Waals surface area contributed by atoms with Gasteiger partial charge in [0.25, 0.3) is 5.91 Å². The van der Waals surface area contributed by atoms with E-state index in [0.29, 0.717) is 5.69 Å². The quantitative estimate of drug-likeness (QED) is 0.502. The predicted octanol–water partition coefficient (Wildman–Crippen LogP) is 1.97. The lowest BCUT2D eigenvalue weighted by Crippen LogP contribution is -2.21. The van der Waals surface area contributed by atoms with Gasteiger partial charge in [0.2, 0.25) is 0 Å². The van der Waals surface area contributed by atoms with Crippen molar-refractivity contribution in [1.29, 1.82) is 0 Å². The number of carbonyl (C=O) groups is 2. The minimum atomic E-state index is -0.384. The molecule has 1 amide bonds. The highest BCUT2D eigenvalue weighted by Gasteiger charge is 2.15. The van der Waals surface area contributed by atoms with Crippen LogP contribution in [-0.4, -0.2) is 30.7 Å². The number of amides is 1. The van der Waals surface area contributed by atoms with Gasteiger partial charge in [0.15, 0.2) is 5.78 Å². The lowest BCUT2D eigenvalue weighted by Gasteiger charge is -2.11. The van der Waals surface area contributed by atoms with Crippen molar-refractivity contribution in [1.82, 2.24) is 4.90 Å². The van der Waals surface area contributed by atoms with Crippen molar-refractivity contribution in [3.8, 4) is 0 Å². The van der Waals surface area contributed by atoms with Crippen molar-refractivity contribution in [2.24, 2.45) is 0 Å². The molecule has 0 atom stereocenters. The van der Waals surface area contributed by atoms with Crippen LogP contribution in [0.2, 0.25) is 0 Å². The van der Waals surface area contributed by atoms with Crippen LogP contribution in [0.1, 0.15) is 12.5 Å². The maximum Gasteiger partial charge on any atom is 0.260 e. The van der Waals surface area contributed by atoms with Crippen molar-refractivity contribution in [2.75, 3.05) is 19.4 Å². The van der Waals surface area contributed by atoms with Crippen LogP contribution in [0.25, 0.3) is 0 Å². The molecule has 18 heavy (non-hydrogen) atoms. The lowest BCUT2D eigenvalue weighted by atomic mass is 10.1. The summed E-state index contributed by atoms with van der Waals surface area (Å²) in [5.41, 5.74) is 1.82. The molecule has 96 valence electrons. The molecule has 0 saturated heterocycles. The molecule has 0 heterocycles. The summed E-state index contributed by atoms with van der Waals surface area (Å²) in [6.07, 6.45) is 1.52. The van der Waals surface area contributed by atoms with Crippen molar-refractivity contribution in [3.05, 3.63) is 41.6 Å². The number of nitrogens with zero attached hydrogens (tertiary/aromatic N) is 1. The smallest absolute Gasteiger partial charge is 0.260 e. The lowest BCUT2D eigenvalue weighted by molar-refractivity contribution is -0.119. The molecule has 0 aliphatic carbocycles. The minimum Gasteiger partial charge on any atom is -0.383 e. The van der Waals surface area contributed by atoms with Gasteiger partial charge < -0.3 is 10.2 Å². The standard InChI is InChI=1S/C14H18N2O2/c1-10-7-5-6-8-13(10)15-14(18)12(11(2)17)9-16(3)4/h5-9H,1-4H3,(H,15,18)/b12-9+. The zero-order chi connectivity index (χ0) is 13.7. The van der Waals surface area contributed by atoms with E-state index < -0.39 is 0 Å². The van der Waals surface area contributed by atoms with Gasteiger partial charge in [-0.25, -0.2) is 0 Å². The average Bonchev–Trinajstić information content (AvgIpc) is 2.28. The number of rotatable bonds is 4. The Bertz CT molecular complexity index is 490. The molecule has 0 bridgehead atoms. The fourth-order valence-corrected chi connectivity index (χ4v) is 1.47. The molecule has 0 fully saturated rings. The predicted molar refractivity (Wildman–Crippen MR) is 72.3 cm³/mol. The fourth-order valence-electron chi connectivity index (χ4n) is 1.47. The Morgan fingerprint density at radius 3 is 2.33 bits per heavy atom. The molecule has 0 saturated carbocycles. The van der Waals surface area contributed by atoms with Crippen molar-refractivity contribution in [2.45, 2.75) is 13.8 Å². The number of Topliss-reactive ketones (excluding diaryl/α,β-unsaturated/α-hetero) is 1. The van der Waals surface area contributed by atoms with Crippen LogP contribution >= 0.6 is 0 Å². The van der Waals surface area contributed by atoms with Gasteiger partial charge in [0, 0.05) is 26.0 Å². The Morgan fingerprint density at radius 2 is 1.83 bits per heavy atom. The van der Waals surface area contributed by atoms with Crippen LogP contribution in [0.15, 0.2) is 36.0 Å². The SMILES string of the molecule is CC(=O)/C(=C\N(C)C)C(=O)Nc1ccccc1C. The van der Waals surface area contributed by atoms with Crippen LogP contribution in [0, 0.1) is 6.92 Å². The van der Waals surface area contributed by atoms with Gasteiger partial charge in [-0.3, -0.25) is 9.59 Å². The summed E-state index contributed by atoms with van der Waals surface area (Å²) >= 11 is 0. The van der Waals surface area contributed by atoms with E-state index in [2.05, 4.69) is 5.32 Å². The van der Waals surface area contributed by atoms with Gasteiger partial charge in [-0.2, -0.15) is 0 Å². The van der Waals surface area contributed by atoms with Gasteiger partial charge in [0.1, 0.15) is 0 Å². The molecule has 0 spiro atoms. The Morgan fingerprint density at radius 1 is 1.22 bits per heavy atom. The number of para-hydroxylation sites is 1. The maximum absolute atomic E-state index is 12.0. The van der Waals surface area contributed by atoms with Crippen LogP contribution in [-0.2, 0) is 9.59 Å². The number of benzene rings is 1. The normalized spacial score (nSPS) is 11.0. The van der Waals surface area contributed by atoms with Gasteiger partial charge in [0.05, 0.1) is 5.57 Å². The number of anilines is 1. The second kappa shape index (κ2) is 6.00. The third kappa shape index (κ3) is 3.73. The van der Waals surface area contributed by atoms with Crippen LogP contribution in [0.3, 0.4) is 0 Å². The van der Waals surface area contributed by atoms with Crippen molar-refractivity contribution >= 4 is 17.4 Å². The molecule has 0 unspecified atom stereocenters. The zero-order valence-corrected chi connectivity index (χ0v) is 11.2. The molecule has 1 aromatic rings. The van der Waals surface area contributed by atoms with E-state index in [1.807, 2.05) is 25.1 Å². The monoisotopic (exact) mass is 246 g/mol. The highest BCUT2D eigenvalue weighted by molar-refractivity contribution is 6.22. The molecule has 0 radical (unpaired) electrons. The number of ketones is 1. The van der Waals surface area contributed by atoms with Crippen LogP contribution in [0.5, 0.6) is 0 Å². The fraction of sp³-hybridized carbons (Fsp3) is 0.286. The van der Waals surface area contributed by atoms with E-state index in [4.69, 9.17) is 0 Å². The first kappa shape index (κ1) is 14.0. The Balaban J connectivity index is 2.94. The van der Waals surface area contributed by atoms with E-state index in [9.17, 15) is 9.59 Å². The number of carbonyl (C=O) groups excluding carboxylic acids is 2. The Hall–Kier alpha value is -2.10. The summed E-state index contributed by atoms with van der Waals surface area (Å²) < 4.78 is 0. The highest BCUT2D eigenvalue weighted by atomic mass is 16.2. The van der Waals surface area contributed by atoms with Gasteiger partial charge in [-0.05, 0) is 25.5 Å². The van der Waals surface area contributed by atoms with Crippen molar-refractivity contribution in [3.63, 3.8) is 0 Å². The first-order chi connectivity index (χ1) is 8.41. The Labute approximate surface area is 107 Å².